The van der Waals surface area contributed by atoms with Gasteiger partial charge in [-0.05, 0) is 85.0 Å². The van der Waals surface area contributed by atoms with Gasteiger partial charge < -0.3 is 19.7 Å². The molecule has 0 aromatic heterocycles. The highest BCUT2D eigenvalue weighted by atomic mass is 16.5. The van der Waals surface area contributed by atoms with Crippen LogP contribution in [-0.4, -0.2) is 67.7 Å². The minimum atomic E-state index is -0.0902. The Hall–Kier alpha value is -3.35. The van der Waals surface area contributed by atoms with Gasteiger partial charge in [-0.3, -0.25) is 9.69 Å². The lowest BCUT2D eigenvalue weighted by Crippen LogP contribution is -2.50. The summed E-state index contributed by atoms with van der Waals surface area (Å²) in [7, 11) is 3.34. The summed E-state index contributed by atoms with van der Waals surface area (Å²) in [6.07, 6.45) is 5.94. The van der Waals surface area contributed by atoms with Gasteiger partial charge in [0.2, 0.25) is 5.91 Å². The van der Waals surface area contributed by atoms with Crippen molar-refractivity contribution in [3.63, 3.8) is 0 Å². The molecule has 1 aliphatic carbocycles. The Balaban J connectivity index is 1.15. The number of hydrogen-bond donors (Lipinski definition) is 1. The third-order valence-electron chi connectivity index (χ3n) is 9.07. The first-order valence-corrected chi connectivity index (χ1v) is 14.8. The van der Waals surface area contributed by atoms with Crippen molar-refractivity contribution in [2.24, 2.45) is 0 Å². The first-order valence-electron chi connectivity index (χ1n) is 14.8. The summed E-state index contributed by atoms with van der Waals surface area (Å²) < 4.78 is 11.1. The summed E-state index contributed by atoms with van der Waals surface area (Å²) in [5, 5.41) is 3.81. The summed E-state index contributed by atoms with van der Waals surface area (Å²) in [5.41, 5.74) is 6.66. The molecule has 0 bridgehead atoms. The number of carbonyl (C=O) groups excluding carboxylic acids is 1. The van der Waals surface area contributed by atoms with E-state index < -0.39 is 0 Å². The average molecular weight is 540 g/mol. The molecule has 0 saturated carbocycles. The highest BCUT2D eigenvalue weighted by molar-refractivity contribution is 5.83. The number of likely N-dealkylation sites (tertiary alicyclic amines) is 1. The van der Waals surface area contributed by atoms with Crippen molar-refractivity contribution in [2.75, 3.05) is 33.9 Å². The molecule has 1 N–H and O–H groups in total. The van der Waals surface area contributed by atoms with Crippen LogP contribution < -0.4 is 14.8 Å². The van der Waals surface area contributed by atoms with Crippen LogP contribution in [0.1, 0.15) is 40.7 Å². The van der Waals surface area contributed by atoms with E-state index in [9.17, 15) is 4.79 Å². The minimum absolute atomic E-state index is 0.0902. The SMILES string of the molecule is COc1cc2c(cc1OC)CN(C(=O)[C@@H]1C[C@@H](NCCCc3ccccc3)CN1C1Cc3ccccc3C1)CC2. The van der Waals surface area contributed by atoms with E-state index in [0.29, 0.717) is 18.6 Å². The summed E-state index contributed by atoms with van der Waals surface area (Å²) in [6, 6.07) is 24.2. The molecule has 40 heavy (non-hydrogen) atoms. The quantitative estimate of drug-likeness (QED) is 0.408. The molecule has 2 atom stereocenters. The van der Waals surface area contributed by atoms with Crippen molar-refractivity contribution < 1.29 is 14.3 Å². The fraction of sp³-hybridized carbons (Fsp3) is 0.441. The standard InChI is InChI=1S/C34H41N3O3/c1-39-32-19-27-14-16-36(22-28(27)20-33(32)40-2)34(38)31-21-29(35-15-8-11-24-9-4-3-5-10-24)23-37(31)30-17-25-12-6-7-13-26(25)18-30/h3-7,9-10,12-13,19-20,29-31,35H,8,11,14-18,21-23H2,1-2H3/t29-,31+/m1/s1. The van der Waals surface area contributed by atoms with Gasteiger partial charge in [-0.1, -0.05) is 54.6 Å². The normalized spacial score (nSPS) is 20.8. The van der Waals surface area contributed by atoms with Crippen molar-refractivity contribution in [3.8, 4) is 11.5 Å². The Bertz CT molecular complexity index is 1300. The van der Waals surface area contributed by atoms with Crippen LogP contribution in [0.3, 0.4) is 0 Å². The summed E-state index contributed by atoms with van der Waals surface area (Å²) in [5.74, 6) is 1.75. The van der Waals surface area contributed by atoms with Crippen LogP contribution in [0.2, 0.25) is 0 Å². The van der Waals surface area contributed by atoms with E-state index in [1.807, 2.05) is 6.07 Å². The van der Waals surface area contributed by atoms with E-state index in [-0.39, 0.29) is 11.9 Å². The second-order valence-electron chi connectivity index (χ2n) is 11.5. The molecule has 1 fully saturated rings. The molecular weight excluding hydrogens is 498 g/mol. The molecule has 1 amide bonds. The average Bonchev–Trinajstić information content (AvgIpc) is 3.63. The molecule has 0 radical (unpaired) electrons. The number of benzene rings is 3. The van der Waals surface area contributed by atoms with Crippen LogP contribution in [0, 0.1) is 0 Å². The van der Waals surface area contributed by atoms with Crippen LogP contribution in [0.25, 0.3) is 0 Å². The number of hydrogen-bond acceptors (Lipinski definition) is 5. The number of nitrogens with zero attached hydrogens (tertiary/aromatic N) is 2. The molecule has 1 saturated heterocycles. The molecule has 2 heterocycles. The zero-order valence-electron chi connectivity index (χ0n) is 23.8. The highest BCUT2D eigenvalue weighted by Crippen LogP contribution is 2.35. The molecule has 6 heteroatoms. The van der Waals surface area contributed by atoms with Gasteiger partial charge in [0.05, 0.1) is 20.3 Å². The second kappa shape index (κ2) is 12.0. The van der Waals surface area contributed by atoms with Gasteiger partial charge in [0.1, 0.15) is 0 Å². The van der Waals surface area contributed by atoms with Gasteiger partial charge >= 0.3 is 0 Å². The molecule has 3 aromatic rings. The van der Waals surface area contributed by atoms with Gasteiger partial charge in [-0.15, -0.1) is 0 Å². The Morgan fingerprint density at radius 3 is 2.27 bits per heavy atom. The largest absolute Gasteiger partial charge is 0.493 e. The molecule has 0 spiro atoms. The van der Waals surface area contributed by atoms with Gasteiger partial charge in [0.15, 0.2) is 11.5 Å². The van der Waals surface area contributed by atoms with Crippen LogP contribution in [-0.2, 0) is 37.0 Å². The number of methoxy groups -OCH3 is 2. The molecule has 0 unspecified atom stereocenters. The summed E-state index contributed by atoms with van der Waals surface area (Å²) in [6.45, 7) is 3.26. The first kappa shape index (κ1) is 26.9. The number of ether oxygens (including phenoxy) is 2. The van der Waals surface area contributed by atoms with E-state index in [1.165, 1.54) is 22.3 Å². The number of carbonyl (C=O) groups is 1. The molecular formula is C34H41N3O3. The van der Waals surface area contributed by atoms with Gasteiger partial charge in [-0.2, -0.15) is 0 Å². The van der Waals surface area contributed by atoms with Crippen molar-refractivity contribution >= 4 is 5.91 Å². The number of amides is 1. The predicted octanol–water partition coefficient (Wildman–Crippen LogP) is 4.42. The Kier molecular flexibility index (Phi) is 8.08. The molecule has 3 aliphatic rings. The monoisotopic (exact) mass is 539 g/mol. The Morgan fingerprint density at radius 2 is 1.57 bits per heavy atom. The topological polar surface area (TPSA) is 54.0 Å². The van der Waals surface area contributed by atoms with Crippen LogP contribution >= 0.6 is 0 Å². The van der Waals surface area contributed by atoms with Crippen molar-refractivity contribution in [1.29, 1.82) is 0 Å². The lowest BCUT2D eigenvalue weighted by Gasteiger charge is -2.36. The van der Waals surface area contributed by atoms with Gasteiger partial charge in [0.25, 0.3) is 0 Å². The first-order chi connectivity index (χ1) is 19.6. The maximum absolute atomic E-state index is 14.2. The number of fused-ring (bicyclic) bond motifs is 2. The molecule has 2 aliphatic heterocycles. The highest BCUT2D eigenvalue weighted by Gasteiger charge is 2.43. The molecule has 3 aromatic carbocycles. The van der Waals surface area contributed by atoms with Gasteiger partial charge in [-0.25, -0.2) is 0 Å². The minimum Gasteiger partial charge on any atom is -0.493 e. The summed E-state index contributed by atoms with van der Waals surface area (Å²) in [4.78, 5) is 18.8. The van der Waals surface area contributed by atoms with E-state index in [2.05, 4.69) is 75.8 Å². The fourth-order valence-corrected chi connectivity index (χ4v) is 6.95. The third kappa shape index (κ3) is 5.61. The van der Waals surface area contributed by atoms with Crippen LogP contribution in [0.15, 0.2) is 66.7 Å². The van der Waals surface area contributed by atoms with Gasteiger partial charge in [0, 0.05) is 31.7 Å². The molecule has 6 rings (SSSR count). The van der Waals surface area contributed by atoms with E-state index in [1.54, 1.807) is 14.2 Å². The summed E-state index contributed by atoms with van der Waals surface area (Å²) >= 11 is 0. The lowest BCUT2D eigenvalue weighted by molar-refractivity contribution is -0.137. The number of nitrogens with one attached hydrogen (secondary N) is 1. The van der Waals surface area contributed by atoms with Crippen molar-refractivity contribution in [1.82, 2.24) is 15.1 Å². The van der Waals surface area contributed by atoms with E-state index >= 15 is 0 Å². The fourth-order valence-electron chi connectivity index (χ4n) is 6.95. The predicted molar refractivity (Wildman–Crippen MR) is 158 cm³/mol. The van der Waals surface area contributed by atoms with Crippen molar-refractivity contribution in [3.05, 3.63) is 94.5 Å². The zero-order valence-corrected chi connectivity index (χ0v) is 23.8. The Labute approximate surface area is 238 Å². The lowest BCUT2D eigenvalue weighted by atomic mass is 9.97. The maximum atomic E-state index is 14.2. The van der Waals surface area contributed by atoms with Crippen LogP contribution in [0.4, 0.5) is 0 Å². The number of rotatable bonds is 9. The van der Waals surface area contributed by atoms with Crippen molar-refractivity contribution in [2.45, 2.75) is 63.2 Å². The van der Waals surface area contributed by atoms with E-state index in [4.69, 9.17) is 9.47 Å². The maximum Gasteiger partial charge on any atom is 0.240 e. The smallest absolute Gasteiger partial charge is 0.240 e. The Morgan fingerprint density at radius 1 is 0.900 bits per heavy atom. The zero-order chi connectivity index (χ0) is 27.5. The molecule has 210 valence electrons. The van der Waals surface area contributed by atoms with E-state index in [0.717, 1.165) is 75.2 Å². The molecule has 6 nitrogen and oxygen atoms in total. The number of aryl methyl sites for hydroxylation is 1. The third-order valence-corrected chi connectivity index (χ3v) is 9.07. The van der Waals surface area contributed by atoms with Crippen LogP contribution in [0.5, 0.6) is 11.5 Å². The second-order valence-corrected chi connectivity index (χ2v) is 11.5.